The molecule has 7 heteroatoms. The molecule has 0 radical (unpaired) electrons. The van der Waals surface area contributed by atoms with Gasteiger partial charge in [0.1, 0.15) is 6.73 Å². The van der Waals surface area contributed by atoms with Crippen molar-refractivity contribution in [2.24, 2.45) is 0 Å². The molecule has 2 unspecified atom stereocenters. The molecule has 0 saturated carbocycles. The van der Waals surface area contributed by atoms with Gasteiger partial charge in [-0.25, -0.2) is 0 Å². The standard InChI is InChI=1S/C13H17ClF3NO2/c1-4-20-8-18(10(3)19)11-9(2)6-5-7-12(11,14)13(15,16)17/h5-7,11H,4,8H2,1-3H3. The van der Waals surface area contributed by atoms with Crippen molar-refractivity contribution in [2.45, 2.75) is 37.9 Å². The van der Waals surface area contributed by atoms with Gasteiger partial charge in [-0.2, -0.15) is 13.2 Å². The second-order valence-electron chi connectivity index (χ2n) is 4.55. The third kappa shape index (κ3) is 3.17. The molecule has 0 saturated heterocycles. The van der Waals surface area contributed by atoms with Crippen LogP contribution in [0.1, 0.15) is 20.8 Å². The first kappa shape index (κ1) is 17.0. The Bertz CT molecular complexity index is 434. The molecule has 0 fully saturated rings. The predicted octanol–water partition coefficient (Wildman–Crippen LogP) is 3.25. The Morgan fingerprint density at radius 2 is 2.15 bits per heavy atom. The highest BCUT2D eigenvalue weighted by atomic mass is 35.5. The van der Waals surface area contributed by atoms with Crippen molar-refractivity contribution < 1.29 is 22.7 Å². The maximum absolute atomic E-state index is 13.3. The fourth-order valence-electron chi connectivity index (χ4n) is 2.11. The summed E-state index contributed by atoms with van der Waals surface area (Å²) in [4.78, 5) is 10.0. The average Bonchev–Trinajstić information content (AvgIpc) is 2.31. The summed E-state index contributed by atoms with van der Waals surface area (Å²) in [5, 5.41) is 0. The van der Waals surface area contributed by atoms with Gasteiger partial charge >= 0.3 is 6.18 Å². The molecule has 2 atom stereocenters. The maximum Gasteiger partial charge on any atom is 0.413 e. The predicted molar refractivity (Wildman–Crippen MR) is 70.3 cm³/mol. The molecule has 0 heterocycles. The Kier molecular flexibility index (Phi) is 5.27. The zero-order chi connectivity index (χ0) is 15.6. The highest BCUT2D eigenvalue weighted by Gasteiger charge is 2.60. The van der Waals surface area contributed by atoms with Gasteiger partial charge in [0.25, 0.3) is 0 Å². The number of carbonyl (C=O) groups is 1. The largest absolute Gasteiger partial charge is 0.413 e. The van der Waals surface area contributed by atoms with Crippen LogP contribution in [-0.2, 0) is 9.53 Å². The van der Waals surface area contributed by atoms with Gasteiger partial charge in [0, 0.05) is 13.5 Å². The minimum Gasteiger partial charge on any atom is -0.361 e. The minimum atomic E-state index is -4.69. The average molecular weight is 312 g/mol. The van der Waals surface area contributed by atoms with Crippen LogP contribution in [0.25, 0.3) is 0 Å². The molecular weight excluding hydrogens is 295 g/mol. The van der Waals surface area contributed by atoms with Gasteiger partial charge in [-0.15, -0.1) is 11.6 Å². The van der Waals surface area contributed by atoms with Crippen LogP contribution in [0.15, 0.2) is 23.8 Å². The van der Waals surface area contributed by atoms with Gasteiger partial charge in [-0.3, -0.25) is 4.79 Å². The van der Waals surface area contributed by atoms with Crippen molar-refractivity contribution in [1.29, 1.82) is 0 Å². The number of nitrogens with zero attached hydrogens (tertiary/aromatic N) is 1. The van der Waals surface area contributed by atoms with Gasteiger partial charge in [0.05, 0.1) is 6.04 Å². The zero-order valence-electron chi connectivity index (χ0n) is 11.5. The summed E-state index contributed by atoms with van der Waals surface area (Å²) in [5.41, 5.74) is 0.356. The van der Waals surface area contributed by atoms with Crippen molar-refractivity contribution in [1.82, 2.24) is 4.90 Å². The third-order valence-electron chi connectivity index (χ3n) is 3.11. The van der Waals surface area contributed by atoms with Gasteiger partial charge in [0.2, 0.25) is 5.91 Å². The van der Waals surface area contributed by atoms with E-state index in [-0.39, 0.29) is 13.3 Å². The molecule has 3 nitrogen and oxygen atoms in total. The quantitative estimate of drug-likeness (QED) is 0.589. The normalized spacial score (nSPS) is 26.4. The lowest BCUT2D eigenvalue weighted by molar-refractivity contribution is -0.170. The van der Waals surface area contributed by atoms with Gasteiger partial charge in [-0.05, 0) is 19.4 Å². The second kappa shape index (κ2) is 6.18. The number of carbonyl (C=O) groups excluding carboxylic acids is 1. The van der Waals surface area contributed by atoms with Crippen LogP contribution in [0.5, 0.6) is 0 Å². The molecule has 0 aliphatic heterocycles. The molecule has 114 valence electrons. The summed E-state index contributed by atoms with van der Waals surface area (Å²) in [5.74, 6) is -0.527. The van der Waals surface area contributed by atoms with Crippen molar-refractivity contribution in [3.8, 4) is 0 Å². The summed E-state index contributed by atoms with van der Waals surface area (Å²) >= 11 is 5.83. The van der Waals surface area contributed by atoms with Crippen LogP contribution in [-0.4, -0.2) is 41.2 Å². The van der Waals surface area contributed by atoms with Gasteiger partial charge in [-0.1, -0.05) is 18.2 Å². The van der Waals surface area contributed by atoms with E-state index >= 15 is 0 Å². The van der Waals surface area contributed by atoms with Crippen molar-refractivity contribution in [3.63, 3.8) is 0 Å². The van der Waals surface area contributed by atoms with E-state index in [1.54, 1.807) is 6.92 Å². The fraction of sp³-hybridized carbons (Fsp3) is 0.615. The van der Waals surface area contributed by atoms with E-state index < -0.39 is 23.0 Å². The third-order valence-corrected chi connectivity index (χ3v) is 3.66. The molecule has 1 aliphatic carbocycles. The Labute approximate surface area is 121 Å². The Morgan fingerprint density at radius 1 is 1.55 bits per heavy atom. The van der Waals surface area contributed by atoms with Gasteiger partial charge < -0.3 is 9.64 Å². The first-order valence-corrected chi connectivity index (χ1v) is 6.49. The molecule has 0 aromatic carbocycles. The molecular formula is C13H17ClF3NO2. The smallest absolute Gasteiger partial charge is 0.361 e. The first-order valence-electron chi connectivity index (χ1n) is 6.11. The van der Waals surface area contributed by atoms with Crippen molar-refractivity contribution >= 4 is 17.5 Å². The Hall–Kier alpha value is -1.01. The summed E-state index contributed by atoms with van der Waals surface area (Å²) in [6.45, 7) is 4.45. The summed E-state index contributed by atoms with van der Waals surface area (Å²) in [7, 11) is 0. The Morgan fingerprint density at radius 3 is 2.60 bits per heavy atom. The van der Waals surface area contributed by atoms with Crippen LogP contribution < -0.4 is 0 Å². The van der Waals surface area contributed by atoms with Crippen LogP contribution in [0.2, 0.25) is 0 Å². The van der Waals surface area contributed by atoms with E-state index in [1.807, 2.05) is 0 Å². The van der Waals surface area contributed by atoms with Crippen LogP contribution in [0, 0.1) is 0 Å². The minimum absolute atomic E-state index is 0.236. The van der Waals surface area contributed by atoms with Gasteiger partial charge in [0.15, 0.2) is 4.87 Å². The monoisotopic (exact) mass is 311 g/mol. The molecule has 0 bridgehead atoms. The second-order valence-corrected chi connectivity index (χ2v) is 5.17. The van der Waals surface area contributed by atoms with Crippen LogP contribution in [0.3, 0.4) is 0 Å². The van der Waals surface area contributed by atoms with E-state index in [0.29, 0.717) is 5.57 Å². The van der Waals surface area contributed by atoms with Crippen molar-refractivity contribution in [3.05, 3.63) is 23.8 Å². The number of amides is 1. The number of ether oxygens (including phenoxy) is 1. The zero-order valence-corrected chi connectivity index (χ0v) is 12.3. The molecule has 0 aromatic heterocycles. The SMILES string of the molecule is CCOCN(C(C)=O)C1C(C)=CC=CC1(Cl)C(F)(F)F. The summed E-state index contributed by atoms with van der Waals surface area (Å²) < 4.78 is 45.0. The summed E-state index contributed by atoms with van der Waals surface area (Å²) in [6.07, 6.45) is -1.05. The van der Waals surface area contributed by atoms with Crippen LogP contribution in [0.4, 0.5) is 13.2 Å². The number of hydrogen-bond donors (Lipinski definition) is 0. The van der Waals surface area contributed by atoms with Crippen LogP contribution >= 0.6 is 11.6 Å². The molecule has 0 aromatic rings. The maximum atomic E-state index is 13.3. The van der Waals surface area contributed by atoms with E-state index in [1.165, 1.54) is 26.0 Å². The molecule has 0 spiro atoms. The Balaban J connectivity index is 3.23. The number of alkyl halides is 4. The van der Waals surface area contributed by atoms with E-state index in [4.69, 9.17) is 16.3 Å². The molecule has 0 N–H and O–H groups in total. The highest BCUT2D eigenvalue weighted by Crippen LogP contribution is 2.46. The molecule has 1 amide bonds. The summed E-state index contributed by atoms with van der Waals surface area (Å²) in [6, 6.07) is -1.32. The number of rotatable bonds is 4. The highest BCUT2D eigenvalue weighted by molar-refractivity contribution is 6.27. The first-order chi connectivity index (χ1) is 9.15. The van der Waals surface area contributed by atoms with Crippen molar-refractivity contribution in [2.75, 3.05) is 13.3 Å². The molecule has 1 aliphatic rings. The molecule has 20 heavy (non-hydrogen) atoms. The topological polar surface area (TPSA) is 29.5 Å². The fourth-order valence-corrected chi connectivity index (χ4v) is 2.48. The van der Waals surface area contributed by atoms with E-state index in [0.717, 1.165) is 11.0 Å². The number of halogens is 4. The molecule has 1 rings (SSSR count). The number of hydrogen-bond acceptors (Lipinski definition) is 2. The lowest BCUT2D eigenvalue weighted by Gasteiger charge is -2.43. The lowest BCUT2D eigenvalue weighted by atomic mass is 9.86. The number of allylic oxidation sites excluding steroid dienone is 2. The van der Waals surface area contributed by atoms with E-state index in [2.05, 4.69) is 0 Å². The lowest BCUT2D eigenvalue weighted by Crippen LogP contribution is -2.59. The van der Waals surface area contributed by atoms with E-state index in [9.17, 15) is 18.0 Å².